The molecule has 1 aromatic rings. The summed E-state index contributed by atoms with van der Waals surface area (Å²) < 4.78 is 0. The van der Waals surface area contributed by atoms with Gasteiger partial charge in [0.2, 0.25) is 0 Å². The summed E-state index contributed by atoms with van der Waals surface area (Å²) in [6, 6.07) is 6.19. The normalized spacial score (nSPS) is 20.4. The van der Waals surface area contributed by atoms with Crippen molar-refractivity contribution in [3.05, 3.63) is 23.9 Å². The summed E-state index contributed by atoms with van der Waals surface area (Å²) in [6.07, 6.45) is 2.41. The van der Waals surface area contributed by atoms with Crippen LogP contribution in [-0.4, -0.2) is 60.0 Å². The fourth-order valence-corrected chi connectivity index (χ4v) is 2.24. The molecule has 102 valence electrons. The number of hydrogen-bond donors (Lipinski definition) is 1. The van der Waals surface area contributed by atoms with Crippen LogP contribution in [0.4, 0.5) is 5.82 Å². The molecule has 1 saturated heterocycles. The highest BCUT2D eigenvalue weighted by Gasteiger charge is 2.23. The van der Waals surface area contributed by atoms with Crippen molar-refractivity contribution in [2.45, 2.75) is 18.9 Å². The molecule has 1 saturated carbocycles. The molecule has 0 unspecified atom stereocenters. The van der Waals surface area contributed by atoms with Crippen LogP contribution in [0.15, 0.2) is 18.2 Å². The highest BCUT2D eigenvalue weighted by Crippen LogP contribution is 2.23. The van der Waals surface area contributed by atoms with Gasteiger partial charge in [0.05, 0.1) is 0 Å². The van der Waals surface area contributed by atoms with E-state index >= 15 is 0 Å². The first-order valence-corrected chi connectivity index (χ1v) is 6.94. The summed E-state index contributed by atoms with van der Waals surface area (Å²) in [6.45, 7) is 3.45. The lowest BCUT2D eigenvalue weighted by atomic mass is 10.2. The Labute approximate surface area is 113 Å². The van der Waals surface area contributed by atoms with E-state index in [0.29, 0.717) is 11.7 Å². The summed E-state index contributed by atoms with van der Waals surface area (Å²) in [5.74, 6) is 0.870. The van der Waals surface area contributed by atoms with Crippen LogP contribution in [-0.2, 0) is 0 Å². The van der Waals surface area contributed by atoms with Crippen molar-refractivity contribution in [1.29, 1.82) is 0 Å². The molecule has 2 fully saturated rings. The molecule has 5 heteroatoms. The van der Waals surface area contributed by atoms with E-state index in [1.54, 1.807) is 6.07 Å². The molecule has 1 aromatic heterocycles. The van der Waals surface area contributed by atoms with Crippen molar-refractivity contribution in [3.63, 3.8) is 0 Å². The van der Waals surface area contributed by atoms with Gasteiger partial charge in [-0.1, -0.05) is 6.07 Å². The molecule has 1 aliphatic heterocycles. The number of aromatic nitrogens is 1. The Kier molecular flexibility index (Phi) is 3.38. The van der Waals surface area contributed by atoms with Crippen molar-refractivity contribution in [1.82, 2.24) is 14.8 Å². The summed E-state index contributed by atoms with van der Waals surface area (Å²) in [4.78, 5) is 20.9. The maximum Gasteiger partial charge on any atom is 0.272 e. The zero-order chi connectivity index (χ0) is 13.2. The van der Waals surface area contributed by atoms with E-state index in [-0.39, 0.29) is 5.91 Å². The van der Waals surface area contributed by atoms with Crippen molar-refractivity contribution in [3.8, 4) is 0 Å². The number of nitrogens with one attached hydrogen (secondary N) is 1. The third kappa shape index (κ3) is 3.04. The van der Waals surface area contributed by atoms with Gasteiger partial charge >= 0.3 is 0 Å². The molecule has 5 nitrogen and oxygen atoms in total. The van der Waals surface area contributed by atoms with E-state index in [1.807, 2.05) is 17.0 Å². The van der Waals surface area contributed by atoms with Gasteiger partial charge < -0.3 is 15.1 Å². The van der Waals surface area contributed by atoms with Gasteiger partial charge in [0.15, 0.2) is 0 Å². The lowest BCUT2D eigenvalue weighted by molar-refractivity contribution is 0.0658. The van der Waals surface area contributed by atoms with Crippen LogP contribution >= 0.6 is 0 Å². The van der Waals surface area contributed by atoms with Gasteiger partial charge in [-0.2, -0.15) is 0 Å². The van der Waals surface area contributed by atoms with Gasteiger partial charge in [-0.3, -0.25) is 4.79 Å². The Bertz CT molecular complexity index is 464. The predicted octanol–water partition coefficient (Wildman–Crippen LogP) is 1.04. The van der Waals surface area contributed by atoms with Crippen LogP contribution in [0.5, 0.6) is 0 Å². The zero-order valence-corrected chi connectivity index (χ0v) is 11.3. The highest BCUT2D eigenvalue weighted by molar-refractivity contribution is 5.92. The van der Waals surface area contributed by atoms with Crippen LogP contribution in [0.25, 0.3) is 0 Å². The molecule has 0 atom stereocenters. The van der Waals surface area contributed by atoms with Gasteiger partial charge in [-0.05, 0) is 32.0 Å². The smallest absolute Gasteiger partial charge is 0.272 e. The first-order chi connectivity index (χ1) is 9.22. The molecule has 19 heavy (non-hydrogen) atoms. The van der Waals surface area contributed by atoms with E-state index in [2.05, 4.69) is 22.2 Å². The van der Waals surface area contributed by atoms with Gasteiger partial charge in [-0.25, -0.2) is 4.98 Å². The number of amides is 1. The molecule has 1 amide bonds. The van der Waals surface area contributed by atoms with E-state index in [9.17, 15) is 4.79 Å². The van der Waals surface area contributed by atoms with Crippen molar-refractivity contribution < 1.29 is 4.79 Å². The first-order valence-electron chi connectivity index (χ1n) is 6.94. The second-order valence-corrected chi connectivity index (χ2v) is 5.42. The Hall–Kier alpha value is -1.62. The zero-order valence-electron chi connectivity index (χ0n) is 11.3. The molecule has 0 bridgehead atoms. The summed E-state index contributed by atoms with van der Waals surface area (Å²) in [5, 5.41) is 3.33. The Morgan fingerprint density at radius 3 is 2.68 bits per heavy atom. The average Bonchev–Trinajstić information content (AvgIpc) is 3.23. The molecule has 1 aliphatic carbocycles. The lowest BCUT2D eigenvalue weighted by Crippen LogP contribution is -2.47. The topological polar surface area (TPSA) is 48.5 Å². The standard InChI is InChI=1S/C14H20N4O/c1-17-7-9-18(10-8-17)14(19)12-3-2-4-13(16-12)15-11-5-6-11/h2-4,11H,5-10H2,1H3,(H,15,16). The first kappa shape index (κ1) is 12.4. The minimum atomic E-state index is 0.0487. The second-order valence-electron chi connectivity index (χ2n) is 5.42. The molecule has 0 spiro atoms. The molecular formula is C14H20N4O. The van der Waals surface area contributed by atoms with Crippen LogP contribution < -0.4 is 5.32 Å². The highest BCUT2D eigenvalue weighted by atomic mass is 16.2. The largest absolute Gasteiger partial charge is 0.367 e. The van der Waals surface area contributed by atoms with Gasteiger partial charge in [0, 0.05) is 32.2 Å². The predicted molar refractivity (Wildman–Crippen MR) is 74.3 cm³/mol. The fourth-order valence-electron chi connectivity index (χ4n) is 2.24. The van der Waals surface area contributed by atoms with Gasteiger partial charge in [0.1, 0.15) is 11.5 Å². The molecular weight excluding hydrogens is 240 g/mol. The molecule has 0 radical (unpaired) electrons. The van der Waals surface area contributed by atoms with E-state index < -0.39 is 0 Å². The Morgan fingerprint density at radius 2 is 2.00 bits per heavy atom. The monoisotopic (exact) mass is 260 g/mol. The number of nitrogens with zero attached hydrogens (tertiary/aromatic N) is 3. The molecule has 2 heterocycles. The molecule has 3 rings (SSSR count). The van der Waals surface area contributed by atoms with Gasteiger partial charge in [-0.15, -0.1) is 0 Å². The quantitative estimate of drug-likeness (QED) is 0.882. The minimum Gasteiger partial charge on any atom is -0.367 e. The van der Waals surface area contributed by atoms with Crippen LogP contribution in [0.2, 0.25) is 0 Å². The number of likely N-dealkylation sites (N-methyl/N-ethyl adjacent to an activating group) is 1. The van der Waals surface area contributed by atoms with Crippen LogP contribution in [0.1, 0.15) is 23.3 Å². The molecule has 0 aromatic carbocycles. The number of anilines is 1. The maximum atomic E-state index is 12.4. The van der Waals surface area contributed by atoms with Crippen molar-refractivity contribution >= 4 is 11.7 Å². The lowest BCUT2D eigenvalue weighted by Gasteiger charge is -2.32. The average molecular weight is 260 g/mol. The maximum absolute atomic E-state index is 12.4. The summed E-state index contributed by atoms with van der Waals surface area (Å²) >= 11 is 0. The fraction of sp³-hybridized carbons (Fsp3) is 0.571. The molecule has 2 aliphatic rings. The Morgan fingerprint density at radius 1 is 1.26 bits per heavy atom. The third-order valence-corrected chi connectivity index (χ3v) is 3.69. The number of rotatable bonds is 3. The van der Waals surface area contributed by atoms with Crippen molar-refractivity contribution in [2.24, 2.45) is 0 Å². The summed E-state index contributed by atoms with van der Waals surface area (Å²) in [5.41, 5.74) is 0.551. The second kappa shape index (κ2) is 5.17. The number of carbonyl (C=O) groups excluding carboxylic acids is 1. The minimum absolute atomic E-state index is 0.0487. The summed E-state index contributed by atoms with van der Waals surface area (Å²) in [7, 11) is 2.08. The van der Waals surface area contributed by atoms with Gasteiger partial charge in [0.25, 0.3) is 5.91 Å². The number of carbonyl (C=O) groups is 1. The van der Waals surface area contributed by atoms with E-state index in [1.165, 1.54) is 12.8 Å². The number of piperazine rings is 1. The molecule has 1 N–H and O–H groups in total. The number of hydrogen-bond acceptors (Lipinski definition) is 4. The number of pyridine rings is 1. The van der Waals surface area contributed by atoms with Crippen LogP contribution in [0.3, 0.4) is 0 Å². The Balaban J connectivity index is 1.68. The van der Waals surface area contributed by atoms with E-state index in [0.717, 1.165) is 32.0 Å². The van der Waals surface area contributed by atoms with E-state index in [4.69, 9.17) is 0 Å². The van der Waals surface area contributed by atoms with Crippen LogP contribution in [0, 0.1) is 0 Å². The SMILES string of the molecule is CN1CCN(C(=O)c2cccc(NC3CC3)n2)CC1. The van der Waals surface area contributed by atoms with Crippen molar-refractivity contribution in [2.75, 3.05) is 38.5 Å². The third-order valence-electron chi connectivity index (χ3n) is 3.69.